The largest absolute Gasteiger partial charge is 0.482 e. The number of ether oxygens (including phenoxy) is 1. The Bertz CT molecular complexity index is 708. The summed E-state index contributed by atoms with van der Waals surface area (Å²) in [6, 6.07) is 12.3. The highest BCUT2D eigenvalue weighted by Gasteiger charge is 2.05. The van der Waals surface area contributed by atoms with Gasteiger partial charge in [-0.1, -0.05) is 57.3 Å². The van der Waals surface area contributed by atoms with Gasteiger partial charge in [0.25, 0.3) is 5.91 Å². The number of hydrazone groups is 1. The summed E-state index contributed by atoms with van der Waals surface area (Å²) in [5, 5.41) is 4.71. The Balaban J connectivity index is 1.84. The van der Waals surface area contributed by atoms with Crippen LogP contribution in [0.25, 0.3) is 0 Å². The van der Waals surface area contributed by atoms with E-state index in [1.807, 2.05) is 24.3 Å². The molecule has 22 heavy (non-hydrogen) atoms. The maximum Gasteiger partial charge on any atom is 0.277 e. The maximum atomic E-state index is 11.6. The summed E-state index contributed by atoms with van der Waals surface area (Å²) in [5.74, 6) is -0.00896. The van der Waals surface area contributed by atoms with Crippen molar-refractivity contribution >= 4 is 51.3 Å². The number of halogens is 3. The molecule has 0 saturated heterocycles. The van der Waals surface area contributed by atoms with Crippen LogP contribution in [0.15, 0.2) is 52.0 Å². The SMILES string of the molecule is O=C(COc1ccc(Cl)cc1Cl)N/N=C\c1ccccc1Br. The molecule has 2 aromatic rings. The van der Waals surface area contributed by atoms with Crippen LogP contribution in [0.1, 0.15) is 5.56 Å². The third kappa shape index (κ3) is 5.02. The van der Waals surface area contributed by atoms with Gasteiger partial charge in [0.05, 0.1) is 11.2 Å². The summed E-state index contributed by atoms with van der Waals surface area (Å²) in [6.45, 7) is -0.200. The summed E-state index contributed by atoms with van der Waals surface area (Å²) >= 11 is 15.1. The lowest BCUT2D eigenvalue weighted by Crippen LogP contribution is -2.24. The minimum atomic E-state index is -0.394. The van der Waals surface area contributed by atoms with E-state index in [0.717, 1.165) is 10.0 Å². The molecule has 1 N–H and O–H groups in total. The molecule has 0 atom stereocenters. The molecule has 2 aromatic carbocycles. The molecule has 0 aromatic heterocycles. The number of hydrogen-bond donors (Lipinski definition) is 1. The number of rotatable bonds is 5. The molecule has 0 spiro atoms. The number of carbonyl (C=O) groups excluding carboxylic acids is 1. The van der Waals surface area contributed by atoms with E-state index in [1.54, 1.807) is 18.2 Å². The molecule has 2 rings (SSSR count). The zero-order chi connectivity index (χ0) is 15.9. The molecular weight excluding hydrogens is 391 g/mol. The quantitative estimate of drug-likeness (QED) is 0.600. The number of hydrogen-bond acceptors (Lipinski definition) is 3. The van der Waals surface area contributed by atoms with Crippen LogP contribution in [0.3, 0.4) is 0 Å². The maximum absolute atomic E-state index is 11.6. The Labute approximate surface area is 146 Å². The fourth-order valence-electron chi connectivity index (χ4n) is 1.52. The first kappa shape index (κ1) is 16.8. The second-order valence-corrected chi connectivity index (χ2v) is 5.88. The number of benzene rings is 2. The molecule has 0 bridgehead atoms. The first-order chi connectivity index (χ1) is 10.6. The first-order valence-electron chi connectivity index (χ1n) is 6.20. The van der Waals surface area contributed by atoms with Crippen LogP contribution < -0.4 is 10.2 Å². The fourth-order valence-corrected chi connectivity index (χ4v) is 2.37. The van der Waals surface area contributed by atoms with Crippen LogP contribution in [-0.4, -0.2) is 18.7 Å². The van der Waals surface area contributed by atoms with Gasteiger partial charge in [0.2, 0.25) is 0 Å². The highest BCUT2D eigenvalue weighted by molar-refractivity contribution is 9.10. The minimum Gasteiger partial charge on any atom is -0.482 e. The number of carbonyl (C=O) groups is 1. The molecule has 0 saturated carbocycles. The van der Waals surface area contributed by atoms with Crippen LogP contribution in [0.2, 0.25) is 10.0 Å². The highest BCUT2D eigenvalue weighted by atomic mass is 79.9. The molecule has 0 aliphatic carbocycles. The highest BCUT2D eigenvalue weighted by Crippen LogP contribution is 2.27. The standard InChI is InChI=1S/C15H11BrCl2N2O2/c16-12-4-2-1-3-10(12)8-19-20-15(21)9-22-14-6-5-11(17)7-13(14)18/h1-8H,9H2,(H,20,21)/b19-8-. The normalized spacial score (nSPS) is 10.7. The van der Waals surface area contributed by atoms with E-state index >= 15 is 0 Å². The van der Waals surface area contributed by atoms with Gasteiger partial charge in [-0.05, 0) is 24.3 Å². The zero-order valence-electron chi connectivity index (χ0n) is 11.2. The molecule has 0 aliphatic heterocycles. The van der Waals surface area contributed by atoms with Crippen molar-refractivity contribution in [1.82, 2.24) is 5.43 Å². The second-order valence-electron chi connectivity index (χ2n) is 4.18. The Morgan fingerprint density at radius 1 is 1.27 bits per heavy atom. The van der Waals surface area contributed by atoms with Crippen molar-refractivity contribution in [2.45, 2.75) is 0 Å². The minimum absolute atomic E-state index is 0.200. The van der Waals surface area contributed by atoms with Gasteiger partial charge >= 0.3 is 0 Å². The molecule has 0 radical (unpaired) electrons. The summed E-state index contributed by atoms with van der Waals surface area (Å²) in [4.78, 5) is 11.6. The van der Waals surface area contributed by atoms with E-state index in [4.69, 9.17) is 27.9 Å². The van der Waals surface area contributed by atoms with Crippen molar-refractivity contribution in [3.05, 3.63) is 62.5 Å². The summed E-state index contributed by atoms with van der Waals surface area (Å²) < 4.78 is 6.18. The predicted molar refractivity (Wildman–Crippen MR) is 91.8 cm³/mol. The van der Waals surface area contributed by atoms with E-state index in [9.17, 15) is 4.79 Å². The van der Waals surface area contributed by atoms with Crippen LogP contribution in [0.5, 0.6) is 5.75 Å². The van der Waals surface area contributed by atoms with Crippen molar-refractivity contribution in [2.24, 2.45) is 5.10 Å². The third-order valence-corrected chi connectivity index (χ3v) is 3.80. The average molecular weight is 402 g/mol. The Morgan fingerprint density at radius 2 is 2.05 bits per heavy atom. The lowest BCUT2D eigenvalue weighted by Gasteiger charge is -2.07. The van der Waals surface area contributed by atoms with Crippen molar-refractivity contribution < 1.29 is 9.53 Å². The van der Waals surface area contributed by atoms with Crippen molar-refractivity contribution in [2.75, 3.05) is 6.61 Å². The smallest absolute Gasteiger partial charge is 0.277 e. The monoisotopic (exact) mass is 400 g/mol. The third-order valence-electron chi connectivity index (χ3n) is 2.55. The van der Waals surface area contributed by atoms with Gasteiger partial charge in [-0.25, -0.2) is 5.43 Å². The van der Waals surface area contributed by atoms with Crippen LogP contribution >= 0.6 is 39.1 Å². The number of nitrogens with zero attached hydrogens (tertiary/aromatic N) is 1. The second kappa shape index (κ2) is 8.17. The molecule has 0 fully saturated rings. The van der Waals surface area contributed by atoms with E-state index < -0.39 is 5.91 Å². The molecule has 114 valence electrons. The van der Waals surface area contributed by atoms with Gasteiger partial charge < -0.3 is 4.74 Å². The zero-order valence-corrected chi connectivity index (χ0v) is 14.3. The van der Waals surface area contributed by atoms with Crippen molar-refractivity contribution in [3.8, 4) is 5.75 Å². The van der Waals surface area contributed by atoms with Gasteiger partial charge in [-0.2, -0.15) is 5.10 Å². The van der Waals surface area contributed by atoms with Gasteiger partial charge in [0.15, 0.2) is 6.61 Å². The molecule has 1 amide bonds. The van der Waals surface area contributed by atoms with E-state index in [1.165, 1.54) is 6.21 Å². The lowest BCUT2D eigenvalue weighted by molar-refractivity contribution is -0.123. The van der Waals surface area contributed by atoms with Crippen LogP contribution in [0.4, 0.5) is 0 Å². The number of nitrogens with one attached hydrogen (secondary N) is 1. The van der Waals surface area contributed by atoms with E-state index in [0.29, 0.717) is 15.8 Å². The Morgan fingerprint density at radius 3 is 2.77 bits per heavy atom. The van der Waals surface area contributed by atoms with Crippen LogP contribution in [-0.2, 0) is 4.79 Å². The Hall–Kier alpha value is -1.56. The Kier molecular flexibility index (Phi) is 6.24. The molecule has 4 nitrogen and oxygen atoms in total. The number of amides is 1. The molecular formula is C15H11BrCl2N2O2. The topological polar surface area (TPSA) is 50.7 Å². The molecule has 0 unspecified atom stereocenters. The van der Waals surface area contributed by atoms with Gasteiger partial charge in [0, 0.05) is 15.1 Å². The van der Waals surface area contributed by atoms with Gasteiger partial charge in [-0.3, -0.25) is 4.79 Å². The van der Waals surface area contributed by atoms with E-state index in [2.05, 4.69) is 26.5 Å². The fraction of sp³-hybridized carbons (Fsp3) is 0.0667. The van der Waals surface area contributed by atoms with Gasteiger partial charge in [0.1, 0.15) is 5.75 Å². The predicted octanol–water partition coefficient (Wildman–Crippen LogP) is 4.29. The molecule has 7 heteroatoms. The lowest BCUT2D eigenvalue weighted by atomic mass is 10.2. The average Bonchev–Trinajstić information content (AvgIpc) is 2.48. The van der Waals surface area contributed by atoms with Gasteiger partial charge in [-0.15, -0.1) is 0 Å². The van der Waals surface area contributed by atoms with Crippen LogP contribution in [0, 0.1) is 0 Å². The van der Waals surface area contributed by atoms with E-state index in [-0.39, 0.29) is 6.61 Å². The molecule has 0 aliphatic rings. The molecule has 0 heterocycles. The van der Waals surface area contributed by atoms with Crippen molar-refractivity contribution in [3.63, 3.8) is 0 Å². The summed E-state index contributed by atoms with van der Waals surface area (Å²) in [5.41, 5.74) is 3.23. The summed E-state index contributed by atoms with van der Waals surface area (Å²) in [7, 11) is 0. The summed E-state index contributed by atoms with van der Waals surface area (Å²) in [6.07, 6.45) is 1.54. The van der Waals surface area contributed by atoms with Crippen molar-refractivity contribution in [1.29, 1.82) is 0 Å². The first-order valence-corrected chi connectivity index (χ1v) is 7.75.